The summed E-state index contributed by atoms with van der Waals surface area (Å²) in [5, 5.41) is 2.76. The van der Waals surface area contributed by atoms with Gasteiger partial charge in [-0.15, -0.1) is 10.1 Å². The molecule has 0 unspecified atom stereocenters. The predicted octanol–water partition coefficient (Wildman–Crippen LogP) is 3.29. The lowest BCUT2D eigenvalue weighted by Crippen LogP contribution is -2.42. The number of aryl methyl sites for hydroxylation is 1. The van der Waals surface area contributed by atoms with Crippen LogP contribution in [-0.4, -0.2) is 28.8 Å². The lowest BCUT2D eigenvalue weighted by molar-refractivity contribution is -0.596. The second-order valence-corrected chi connectivity index (χ2v) is 7.38. The highest BCUT2D eigenvalue weighted by Crippen LogP contribution is 2.26. The summed E-state index contributed by atoms with van der Waals surface area (Å²) in [7, 11) is 0. The van der Waals surface area contributed by atoms with Gasteiger partial charge in [-0.05, 0) is 55.5 Å². The molecule has 0 aliphatic carbocycles. The van der Waals surface area contributed by atoms with Crippen molar-refractivity contribution in [3.8, 4) is 0 Å². The Bertz CT molecular complexity index is 1140. The van der Waals surface area contributed by atoms with Gasteiger partial charge in [-0.25, -0.2) is 8.78 Å². The Morgan fingerprint density at radius 2 is 1.52 bits per heavy atom. The third-order valence-electron chi connectivity index (χ3n) is 5.11. The van der Waals surface area contributed by atoms with E-state index in [1.54, 1.807) is 23.0 Å². The average Bonchev–Trinajstić information content (AvgIpc) is 3.05. The van der Waals surface area contributed by atoms with Crippen molar-refractivity contribution >= 4 is 18.0 Å². The van der Waals surface area contributed by atoms with Crippen LogP contribution in [0.5, 0.6) is 0 Å². The van der Waals surface area contributed by atoms with Crippen LogP contribution < -0.4 is 10.7 Å². The number of nitrogens with zero attached hydrogens (tertiary/aromatic N) is 1. The zero-order valence-electron chi connectivity index (χ0n) is 16.7. The fraction of sp³-hybridized carbons (Fsp3) is 0.125. The molecule has 0 spiro atoms. The SMILES string of the molecule is Cc1ccc([C@H]2[C@H](NC(=O)c3ccc(F)cc3)C(=O)N/[N+]2=C\c2ccc(F)cc2)cc1. The Balaban J connectivity index is 1.69. The highest BCUT2D eigenvalue weighted by Gasteiger charge is 2.47. The predicted molar refractivity (Wildman–Crippen MR) is 112 cm³/mol. The fourth-order valence-electron chi connectivity index (χ4n) is 3.48. The van der Waals surface area contributed by atoms with E-state index in [9.17, 15) is 18.4 Å². The van der Waals surface area contributed by atoms with Gasteiger partial charge in [0.25, 0.3) is 5.91 Å². The van der Waals surface area contributed by atoms with Gasteiger partial charge < -0.3 is 5.32 Å². The summed E-state index contributed by atoms with van der Waals surface area (Å²) in [5.74, 6) is -1.69. The summed E-state index contributed by atoms with van der Waals surface area (Å²) in [5.41, 5.74) is 5.57. The Morgan fingerprint density at radius 3 is 2.13 bits per heavy atom. The fourth-order valence-corrected chi connectivity index (χ4v) is 3.48. The molecule has 1 aliphatic rings. The van der Waals surface area contributed by atoms with Crippen molar-refractivity contribution in [1.29, 1.82) is 0 Å². The molecule has 3 aromatic carbocycles. The number of hydrazone groups is 1. The van der Waals surface area contributed by atoms with E-state index in [0.29, 0.717) is 5.56 Å². The molecule has 1 fully saturated rings. The van der Waals surface area contributed by atoms with Crippen LogP contribution in [0.2, 0.25) is 0 Å². The van der Waals surface area contributed by atoms with E-state index in [-0.39, 0.29) is 17.3 Å². The van der Waals surface area contributed by atoms with Crippen molar-refractivity contribution in [1.82, 2.24) is 10.7 Å². The summed E-state index contributed by atoms with van der Waals surface area (Å²) in [4.78, 5) is 25.5. The van der Waals surface area contributed by atoms with E-state index in [0.717, 1.165) is 11.1 Å². The molecule has 2 amide bonds. The Kier molecular flexibility index (Phi) is 5.58. The molecule has 0 aromatic heterocycles. The number of hydrogen-bond donors (Lipinski definition) is 2. The molecule has 2 atom stereocenters. The van der Waals surface area contributed by atoms with Crippen molar-refractivity contribution in [3.63, 3.8) is 0 Å². The maximum atomic E-state index is 13.3. The number of benzene rings is 3. The summed E-state index contributed by atoms with van der Waals surface area (Å²) >= 11 is 0. The van der Waals surface area contributed by atoms with Crippen molar-refractivity contribution in [3.05, 3.63) is 107 Å². The zero-order valence-corrected chi connectivity index (χ0v) is 16.7. The number of carbonyl (C=O) groups excluding carboxylic acids is 2. The number of carbonyl (C=O) groups is 2. The van der Waals surface area contributed by atoms with Gasteiger partial charge in [-0.1, -0.05) is 29.8 Å². The van der Waals surface area contributed by atoms with Crippen LogP contribution in [0.3, 0.4) is 0 Å². The quantitative estimate of drug-likeness (QED) is 0.637. The van der Waals surface area contributed by atoms with Crippen LogP contribution in [0.25, 0.3) is 0 Å². The highest BCUT2D eigenvalue weighted by atomic mass is 19.1. The zero-order chi connectivity index (χ0) is 22.0. The maximum absolute atomic E-state index is 13.3. The topological polar surface area (TPSA) is 61.2 Å². The number of amides is 2. The lowest BCUT2D eigenvalue weighted by Gasteiger charge is -2.15. The first kappa shape index (κ1) is 20.4. The van der Waals surface area contributed by atoms with Gasteiger partial charge in [0.15, 0.2) is 6.04 Å². The second-order valence-electron chi connectivity index (χ2n) is 7.38. The Morgan fingerprint density at radius 1 is 0.935 bits per heavy atom. The second kappa shape index (κ2) is 8.47. The standard InChI is InChI=1S/C24H19F2N3O2/c1-15-2-6-17(7-3-15)22-21(27-23(30)18-8-12-20(26)13-9-18)24(31)28-29(22)14-16-4-10-19(25)11-5-16/h2-14,21-22H,1H3,(H-,27,28,30,31)/p+1/b29-14-/t21-,22-/m0/s1. The van der Waals surface area contributed by atoms with E-state index in [1.165, 1.54) is 36.4 Å². The molecule has 1 saturated heterocycles. The minimum atomic E-state index is -0.892. The number of nitrogens with one attached hydrogen (secondary N) is 2. The van der Waals surface area contributed by atoms with Crippen LogP contribution >= 0.6 is 0 Å². The van der Waals surface area contributed by atoms with E-state index >= 15 is 0 Å². The third-order valence-corrected chi connectivity index (χ3v) is 5.11. The number of hydrogen-bond acceptors (Lipinski definition) is 2. The molecule has 5 nitrogen and oxygen atoms in total. The van der Waals surface area contributed by atoms with Crippen molar-refractivity contribution in [2.24, 2.45) is 0 Å². The third kappa shape index (κ3) is 4.50. The normalized spacial score (nSPS) is 19.3. The Labute approximate surface area is 178 Å². The molecule has 156 valence electrons. The molecule has 0 bridgehead atoms. The monoisotopic (exact) mass is 420 g/mol. The van der Waals surface area contributed by atoms with Crippen LogP contribution in [-0.2, 0) is 4.79 Å². The molecule has 0 radical (unpaired) electrons. The van der Waals surface area contributed by atoms with E-state index in [1.807, 2.05) is 31.2 Å². The Hall–Kier alpha value is -3.87. The number of hydrazine groups is 1. The van der Waals surface area contributed by atoms with Gasteiger partial charge in [-0.3, -0.25) is 9.59 Å². The smallest absolute Gasteiger partial charge is 0.304 e. The van der Waals surface area contributed by atoms with Crippen LogP contribution in [0.1, 0.15) is 33.1 Å². The first-order chi connectivity index (χ1) is 14.9. The minimum absolute atomic E-state index is 0.248. The molecule has 1 heterocycles. The van der Waals surface area contributed by atoms with Crippen molar-refractivity contribution < 1.29 is 23.1 Å². The molecular formula is C24H20F2N3O2+. The van der Waals surface area contributed by atoms with Crippen LogP contribution in [0.15, 0.2) is 72.8 Å². The molecule has 1 aliphatic heterocycles. The average molecular weight is 420 g/mol. The van der Waals surface area contributed by atoms with E-state index < -0.39 is 23.8 Å². The van der Waals surface area contributed by atoms with Gasteiger partial charge in [0.2, 0.25) is 12.3 Å². The minimum Gasteiger partial charge on any atom is -0.334 e. The maximum Gasteiger partial charge on any atom is 0.304 e. The van der Waals surface area contributed by atoms with Gasteiger partial charge >= 0.3 is 5.91 Å². The molecule has 4 rings (SSSR count). The van der Waals surface area contributed by atoms with Crippen molar-refractivity contribution in [2.75, 3.05) is 0 Å². The molecule has 3 aromatic rings. The summed E-state index contributed by atoms with van der Waals surface area (Å²) in [6.45, 7) is 1.96. The van der Waals surface area contributed by atoms with Gasteiger partial charge in [0, 0.05) is 16.7 Å². The van der Waals surface area contributed by atoms with E-state index in [4.69, 9.17) is 0 Å². The van der Waals surface area contributed by atoms with Crippen LogP contribution in [0, 0.1) is 18.6 Å². The van der Waals surface area contributed by atoms with Gasteiger partial charge in [0.05, 0.1) is 0 Å². The first-order valence-electron chi connectivity index (χ1n) is 9.73. The highest BCUT2D eigenvalue weighted by molar-refractivity contribution is 5.98. The van der Waals surface area contributed by atoms with Crippen molar-refractivity contribution in [2.45, 2.75) is 19.0 Å². The first-order valence-corrected chi connectivity index (χ1v) is 9.73. The molecule has 0 saturated carbocycles. The molecule has 2 N–H and O–H groups in total. The molecule has 7 heteroatoms. The van der Waals surface area contributed by atoms with Crippen LogP contribution in [0.4, 0.5) is 8.78 Å². The summed E-state index contributed by atoms with van der Waals surface area (Å²) in [6.07, 6.45) is 1.69. The largest absolute Gasteiger partial charge is 0.334 e. The molecular weight excluding hydrogens is 400 g/mol. The number of rotatable bonds is 4. The summed E-state index contributed by atoms with van der Waals surface area (Å²) in [6, 6.07) is 17.2. The van der Waals surface area contributed by atoms with E-state index in [2.05, 4.69) is 10.7 Å². The molecule has 31 heavy (non-hydrogen) atoms. The van der Waals surface area contributed by atoms with Gasteiger partial charge in [0.1, 0.15) is 11.6 Å². The lowest BCUT2D eigenvalue weighted by atomic mass is 9.98. The summed E-state index contributed by atoms with van der Waals surface area (Å²) < 4.78 is 28.1. The van der Waals surface area contributed by atoms with Gasteiger partial charge in [-0.2, -0.15) is 0 Å². The number of halogens is 2.